The molecule has 1 amide bonds. The van der Waals surface area contributed by atoms with Crippen LogP contribution >= 0.6 is 0 Å². The van der Waals surface area contributed by atoms with Gasteiger partial charge in [0, 0.05) is 30.8 Å². The smallest absolute Gasteiger partial charge is 0.222 e. The number of aliphatic hydroxyl groups excluding tert-OH is 1. The summed E-state index contributed by atoms with van der Waals surface area (Å²) in [6.07, 6.45) is 3.97. The van der Waals surface area contributed by atoms with Crippen molar-refractivity contribution < 1.29 is 9.90 Å². The summed E-state index contributed by atoms with van der Waals surface area (Å²) in [6, 6.07) is 2.00. The zero-order valence-corrected chi connectivity index (χ0v) is 9.21. The summed E-state index contributed by atoms with van der Waals surface area (Å²) in [4.78, 5) is 14.2. The number of carbonyl (C=O) groups is 1. The van der Waals surface area contributed by atoms with Crippen LogP contribution in [0.2, 0.25) is 0 Å². The van der Waals surface area contributed by atoms with E-state index < -0.39 is 0 Å². The highest BCUT2D eigenvalue weighted by molar-refractivity contribution is 5.76. The average Bonchev–Trinajstić information content (AvgIpc) is 2.69. The number of aromatic amines is 1. The fourth-order valence-corrected chi connectivity index (χ4v) is 1.36. The molecule has 3 N–H and O–H groups in total. The summed E-state index contributed by atoms with van der Waals surface area (Å²) in [5.41, 5.74) is 1.07. The van der Waals surface area contributed by atoms with Crippen LogP contribution in [0, 0.1) is 0 Å². The van der Waals surface area contributed by atoms with Crippen molar-refractivity contribution in [1.29, 1.82) is 0 Å². The molecule has 1 rings (SSSR count). The zero-order chi connectivity index (χ0) is 11.3. The molecule has 0 bridgehead atoms. The van der Waals surface area contributed by atoms with Crippen molar-refractivity contribution >= 4 is 5.91 Å². The lowest BCUT2D eigenvalue weighted by Gasteiger charge is -2.24. The molecule has 0 radical (unpaired) electrons. The summed E-state index contributed by atoms with van der Waals surface area (Å²) in [7, 11) is 0. The largest absolute Gasteiger partial charge is 0.396 e. The second-order valence-corrected chi connectivity index (χ2v) is 4.23. The summed E-state index contributed by atoms with van der Waals surface area (Å²) in [5.74, 6) is -0.110. The molecule has 4 nitrogen and oxygen atoms in total. The Balaban J connectivity index is 2.47. The van der Waals surface area contributed by atoms with E-state index in [1.54, 1.807) is 0 Å². The molecule has 0 saturated carbocycles. The molecular weight excluding hydrogens is 192 g/mol. The van der Waals surface area contributed by atoms with E-state index in [0.29, 0.717) is 6.54 Å². The number of amides is 1. The number of H-pyrrole nitrogens is 1. The van der Waals surface area contributed by atoms with Gasteiger partial charge in [-0.3, -0.25) is 4.79 Å². The highest BCUT2D eigenvalue weighted by Crippen LogP contribution is 2.21. The van der Waals surface area contributed by atoms with Gasteiger partial charge in [-0.15, -0.1) is 0 Å². The van der Waals surface area contributed by atoms with Crippen molar-refractivity contribution in [2.24, 2.45) is 0 Å². The van der Waals surface area contributed by atoms with E-state index in [2.05, 4.69) is 24.1 Å². The van der Waals surface area contributed by atoms with Gasteiger partial charge in [-0.2, -0.15) is 0 Å². The van der Waals surface area contributed by atoms with E-state index >= 15 is 0 Å². The van der Waals surface area contributed by atoms with Crippen LogP contribution in [0.15, 0.2) is 18.5 Å². The van der Waals surface area contributed by atoms with E-state index in [1.807, 2.05) is 18.5 Å². The predicted octanol–water partition coefficient (Wildman–Crippen LogP) is 0.791. The molecule has 0 aliphatic carbocycles. The Hall–Kier alpha value is -1.29. The number of aromatic nitrogens is 1. The Morgan fingerprint density at radius 3 is 2.87 bits per heavy atom. The third kappa shape index (κ3) is 3.40. The summed E-state index contributed by atoms with van der Waals surface area (Å²) >= 11 is 0. The maximum absolute atomic E-state index is 11.2. The number of aliphatic hydroxyl groups is 1. The molecule has 84 valence electrons. The van der Waals surface area contributed by atoms with Gasteiger partial charge in [0.15, 0.2) is 0 Å². The highest BCUT2D eigenvalue weighted by Gasteiger charge is 2.21. The molecule has 1 aromatic rings. The third-order valence-electron chi connectivity index (χ3n) is 2.45. The lowest BCUT2D eigenvalue weighted by molar-refractivity contribution is -0.121. The Bertz CT molecular complexity index is 304. The lowest BCUT2D eigenvalue weighted by atomic mass is 9.86. The average molecular weight is 210 g/mol. The number of hydrogen-bond acceptors (Lipinski definition) is 2. The van der Waals surface area contributed by atoms with Crippen molar-refractivity contribution in [3.8, 4) is 0 Å². The molecule has 0 aliphatic heterocycles. The molecule has 0 spiro atoms. The first-order valence-electron chi connectivity index (χ1n) is 5.07. The molecule has 0 saturated heterocycles. The van der Waals surface area contributed by atoms with Gasteiger partial charge in [0.1, 0.15) is 0 Å². The van der Waals surface area contributed by atoms with Crippen molar-refractivity contribution in [2.45, 2.75) is 25.7 Å². The fraction of sp³-hybridized carbons (Fsp3) is 0.545. The predicted molar refractivity (Wildman–Crippen MR) is 58.5 cm³/mol. The molecule has 1 heterocycles. The molecule has 4 heteroatoms. The van der Waals surface area contributed by atoms with Crippen LogP contribution in [-0.4, -0.2) is 29.1 Å². The van der Waals surface area contributed by atoms with Gasteiger partial charge in [0.25, 0.3) is 0 Å². The Kier molecular flexibility index (Phi) is 3.91. The molecule has 0 fully saturated rings. The lowest BCUT2D eigenvalue weighted by Crippen LogP contribution is -2.36. The minimum atomic E-state index is -0.110. The molecule has 15 heavy (non-hydrogen) atoms. The van der Waals surface area contributed by atoms with Gasteiger partial charge in [0.2, 0.25) is 5.91 Å². The van der Waals surface area contributed by atoms with Gasteiger partial charge in [-0.25, -0.2) is 0 Å². The van der Waals surface area contributed by atoms with E-state index in [-0.39, 0.29) is 24.3 Å². The maximum Gasteiger partial charge on any atom is 0.222 e. The standard InChI is InChI=1S/C11H18N2O2/c1-11(2,9-3-5-12-7-9)8-13-10(15)4-6-14/h3,5,7,12,14H,4,6,8H2,1-2H3,(H,13,15). The minimum Gasteiger partial charge on any atom is -0.396 e. The van der Waals surface area contributed by atoms with Gasteiger partial charge >= 0.3 is 0 Å². The van der Waals surface area contributed by atoms with Crippen LogP contribution in [0.5, 0.6) is 0 Å². The quantitative estimate of drug-likeness (QED) is 0.672. The minimum absolute atomic E-state index is 0.0921. The van der Waals surface area contributed by atoms with Crippen LogP contribution in [-0.2, 0) is 10.2 Å². The molecule has 0 aromatic carbocycles. The van der Waals surface area contributed by atoms with Gasteiger partial charge < -0.3 is 15.4 Å². The van der Waals surface area contributed by atoms with Crippen molar-refractivity contribution in [2.75, 3.05) is 13.2 Å². The first kappa shape index (κ1) is 11.8. The van der Waals surface area contributed by atoms with Gasteiger partial charge in [-0.05, 0) is 11.6 Å². The SMILES string of the molecule is CC(C)(CNC(=O)CCO)c1cc[nH]c1. The van der Waals surface area contributed by atoms with Gasteiger partial charge in [-0.1, -0.05) is 13.8 Å². The van der Waals surface area contributed by atoms with E-state index in [0.717, 1.165) is 5.56 Å². The summed E-state index contributed by atoms with van der Waals surface area (Å²) in [6.45, 7) is 4.60. The number of hydrogen-bond donors (Lipinski definition) is 3. The summed E-state index contributed by atoms with van der Waals surface area (Å²) in [5, 5.41) is 11.4. The molecule has 0 unspecified atom stereocenters. The van der Waals surface area contributed by atoms with Crippen LogP contribution < -0.4 is 5.32 Å². The Morgan fingerprint density at radius 2 is 2.33 bits per heavy atom. The third-order valence-corrected chi connectivity index (χ3v) is 2.45. The van der Waals surface area contributed by atoms with Crippen LogP contribution in [0.4, 0.5) is 0 Å². The van der Waals surface area contributed by atoms with E-state index in [9.17, 15) is 4.79 Å². The molecular formula is C11H18N2O2. The normalized spacial score (nSPS) is 11.4. The number of nitrogens with one attached hydrogen (secondary N) is 2. The first-order chi connectivity index (χ1) is 7.06. The first-order valence-corrected chi connectivity index (χ1v) is 5.07. The number of rotatable bonds is 5. The topological polar surface area (TPSA) is 65.1 Å². The van der Waals surface area contributed by atoms with Crippen molar-refractivity contribution in [1.82, 2.24) is 10.3 Å². The van der Waals surface area contributed by atoms with E-state index in [4.69, 9.17) is 5.11 Å². The Morgan fingerprint density at radius 1 is 1.60 bits per heavy atom. The van der Waals surface area contributed by atoms with Crippen LogP contribution in [0.1, 0.15) is 25.8 Å². The fourth-order valence-electron chi connectivity index (χ4n) is 1.36. The molecule has 0 atom stereocenters. The maximum atomic E-state index is 11.2. The summed E-state index contributed by atoms with van der Waals surface area (Å²) < 4.78 is 0. The molecule has 1 aromatic heterocycles. The van der Waals surface area contributed by atoms with Crippen LogP contribution in [0.3, 0.4) is 0 Å². The number of carbonyl (C=O) groups excluding carboxylic acids is 1. The van der Waals surface area contributed by atoms with Crippen molar-refractivity contribution in [3.05, 3.63) is 24.0 Å². The second kappa shape index (κ2) is 4.98. The monoisotopic (exact) mass is 210 g/mol. The highest BCUT2D eigenvalue weighted by atomic mass is 16.3. The molecule has 0 aliphatic rings. The van der Waals surface area contributed by atoms with Crippen molar-refractivity contribution in [3.63, 3.8) is 0 Å². The second-order valence-electron chi connectivity index (χ2n) is 4.23. The van der Waals surface area contributed by atoms with E-state index in [1.165, 1.54) is 0 Å². The zero-order valence-electron chi connectivity index (χ0n) is 9.21. The Labute approximate surface area is 89.7 Å². The van der Waals surface area contributed by atoms with Crippen LogP contribution in [0.25, 0.3) is 0 Å². The van der Waals surface area contributed by atoms with Gasteiger partial charge in [0.05, 0.1) is 6.61 Å².